The van der Waals surface area contributed by atoms with Crippen LogP contribution in [-0.4, -0.2) is 49.7 Å². The maximum absolute atomic E-state index is 8.61. The van der Waals surface area contributed by atoms with E-state index < -0.39 is 0 Å². The molecule has 1 aromatic carbocycles. The Bertz CT molecular complexity index is 488. The third kappa shape index (κ3) is 4.61. The molecular formula is C15H21BrN2O3. The largest absolute Gasteiger partial charge is 0.493 e. The van der Waals surface area contributed by atoms with Crippen LogP contribution in [0.1, 0.15) is 24.8 Å². The molecule has 1 aliphatic heterocycles. The molecule has 5 nitrogen and oxygen atoms in total. The molecule has 2 rings (SSSR count). The first-order chi connectivity index (χ1) is 10.2. The molecule has 6 heteroatoms. The van der Waals surface area contributed by atoms with Crippen LogP contribution in [0.3, 0.4) is 0 Å². The van der Waals surface area contributed by atoms with Crippen LogP contribution in [0.4, 0.5) is 0 Å². The van der Waals surface area contributed by atoms with Crippen molar-refractivity contribution in [1.82, 2.24) is 4.90 Å². The van der Waals surface area contributed by atoms with Gasteiger partial charge in [0, 0.05) is 12.1 Å². The molecule has 1 heterocycles. The third-order valence-corrected chi connectivity index (χ3v) is 4.15. The van der Waals surface area contributed by atoms with Crippen LogP contribution in [0.5, 0.6) is 11.5 Å². The number of hydrogen-bond acceptors (Lipinski definition) is 5. The molecule has 21 heavy (non-hydrogen) atoms. The lowest BCUT2D eigenvalue weighted by Gasteiger charge is -2.26. The molecule has 0 bridgehead atoms. The van der Waals surface area contributed by atoms with Gasteiger partial charge in [-0.15, -0.1) is 0 Å². The molecule has 1 N–H and O–H groups in total. The third-order valence-electron chi connectivity index (χ3n) is 3.56. The maximum Gasteiger partial charge on any atom is 0.175 e. The number of oxime groups is 1. The number of methoxy groups -OCH3 is 1. The Balaban J connectivity index is 1.98. The molecule has 1 fully saturated rings. The topological polar surface area (TPSA) is 54.3 Å². The Kier molecular flexibility index (Phi) is 6.32. The van der Waals surface area contributed by atoms with Gasteiger partial charge in [-0.25, -0.2) is 0 Å². The van der Waals surface area contributed by atoms with Gasteiger partial charge in [0.1, 0.15) is 6.61 Å². The average Bonchev–Trinajstić information content (AvgIpc) is 2.50. The number of likely N-dealkylation sites (tertiary alicyclic amines) is 1. The van der Waals surface area contributed by atoms with Crippen molar-refractivity contribution < 1.29 is 14.7 Å². The summed E-state index contributed by atoms with van der Waals surface area (Å²) in [6.45, 7) is 3.87. The van der Waals surface area contributed by atoms with E-state index in [1.54, 1.807) is 13.2 Å². The Morgan fingerprint density at radius 1 is 1.33 bits per heavy atom. The van der Waals surface area contributed by atoms with Gasteiger partial charge < -0.3 is 14.7 Å². The smallest absolute Gasteiger partial charge is 0.175 e. The Morgan fingerprint density at radius 2 is 2.10 bits per heavy atom. The molecular weight excluding hydrogens is 336 g/mol. The minimum Gasteiger partial charge on any atom is -0.493 e. The lowest BCUT2D eigenvalue weighted by molar-refractivity contribution is 0.180. The normalized spacial score (nSPS) is 16.3. The highest BCUT2D eigenvalue weighted by atomic mass is 79.9. The fraction of sp³-hybridized carbons (Fsp3) is 0.533. The van der Waals surface area contributed by atoms with Crippen molar-refractivity contribution in [3.63, 3.8) is 0 Å². The van der Waals surface area contributed by atoms with E-state index in [1.165, 1.54) is 25.5 Å². The predicted octanol–water partition coefficient (Wildman–Crippen LogP) is 3.13. The molecule has 1 aliphatic rings. The number of halogens is 1. The van der Waals surface area contributed by atoms with Gasteiger partial charge in [-0.1, -0.05) is 11.6 Å². The second-order valence-electron chi connectivity index (χ2n) is 5.03. The fourth-order valence-electron chi connectivity index (χ4n) is 2.48. The highest BCUT2D eigenvalue weighted by Gasteiger charge is 2.13. The van der Waals surface area contributed by atoms with Crippen molar-refractivity contribution in [2.45, 2.75) is 19.3 Å². The Morgan fingerprint density at radius 3 is 2.76 bits per heavy atom. The van der Waals surface area contributed by atoms with Crippen molar-refractivity contribution in [3.8, 4) is 11.5 Å². The number of nitrogens with zero attached hydrogens (tertiary/aromatic N) is 2. The van der Waals surface area contributed by atoms with E-state index in [0.717, 1.165) is 29.7 Å². The number of ether oxygens (including phenoxy) is 2. The van der Waals surface area contributed by atoms with Gasteiger partial charge in [-0.2, -0.15) is 0 Å². The lowest BCUT2D eigenvalue weighted by Crippen LogP contribution is -2.33. The summed E-state index contributed by atoms with van der Waals surface area (Å²) in [5.41, 5.74) is 0.740. The van der Waals surface area contributed by atoms with Crippen molar-refractivity contribution in [1.29, 1.82) is 0 Å². The molecule has 0 unspecified atom stereocenters. The van der Waals surface area contributed by atoms with Gasteiger partial charge >= 0.3 is 0 Å². The van der Waals surface area contributed by atoms with Crippen molar-refractivity contribution >= 4 is 22.1 Å². The second kappa shape index (κ2) is 8.24. The van der Waals surface area contributed by atoms with Gasteiger partial charge in [0.15, 0.2) is 11.5 Å². The first-order valence-electron chi connectivity index (χ1n) is 7.14. The van der Waals surface area contributed by atoms with E-state index in [-0.39, 0.29) is 0 Å². The molecule has 0 saturated carbocycles. The molecule has 1 aromatic rings. The quantitative estimate of drug-likeness (QED) is 0.483. The van der Waals surface area contributed by atoms with Crippen molar-refractivity contribution in [3.05, 3.63) is 22.2 Å². The monoisotopic (exact) mass is 356 g/mol. The summed E-state index contributed by atoms with van der Waals surface area (Å²) in [4.78, 5) is 2.43. The number of rotatable bonds is 6. The lowest BCUT2D eigenvalue weighted by atomic mass is 10.1. The van der Waals surface area contributed by atoms with Crippen LogP contribution in [0, 0.1) is 0 Å². The molecule has 0 atom stereocenters. The zero-order chi connectivity index (χ0) is 15.1. The predicted molar refractivity (Wildman–Crippen MR) is 85.9 cm³/mol. The first kappa shape index (κ1) is 16.1. The van der Waals surface area contributed by atoms with E-state index in [4.69, 9.17) is 14.7 Å². The molecule has 0 aromatic heterocycles. The first-order valence-corrected chi connectivity index (χ1v) is 7.94. The van der Waals surface area contributed by atoms with Crippen LogP contribution >= 0.6 is 15.9 Å². The zero-order valence-electron chi connectivity index (χ0n) is 12.2. The van der Waals surface area contributed by atoms with Gasteiger partial charge in [-0.05, 0) is 54.0 Å². The summed E-state index contributed by atoms with van der Waals surface area (Å²) in [5, 5.41) is 11.6. The van der Waals surface area contributed by atoms with E-state index >= 15 is 0 Å². The Labute approximate surface area is 133 Å². The summed E-state index contributed by atoms with van der Waals surface area (Å²) in [6.07, 6.45) is 5.25. The molecule has 0 amide bonds. The summed E-state index contributed by atoms with van der Waals surface area (Å²) in [5.74, 6) is 1.31. The van der Waals surface area contributed by atoms with Crippen LogP contribution < -0.4 is 9.47 Å². The number of benzene rings is 1. The van der Waals surface area contributed by atoms with E-state index in [9.17, 15) is 0 Å². The Hall–Kier alpha value is -1.27. The van der Waals surface area contributed by atoms with Gasteiger partial charge in [-0.3, -0.25) is 4.90 Å². The standard InChI is InChI=1S/C15H21BrN2O3/c1-20-14-10-12(11-17-19)9-13(16)15(14)21-8-7-18-5-3-2-4-6-18/h9-11,19H,2-8H2,1H3. The summed E-state index contributed by atoms with van der Waals surface area (Å²) in [7, 11) is 1.60. The fourth-order valence-corrected chi connectivity index (χ4v) is 3.06. The molecule has 1 saturated heterocycles. The minimum atomic E-state index is 0.623. The molecule has 0 aliphatic carbocycles. The van der Waals surface area contributed by atoms with Crippen LogP contribution in [0.25, 0.3) is 0 Å². The molecule has 116 valence electrons. The number of hydrogen-bond donors (Lipinski definition) is 1. The SMILES string of the molecule is COc1cc(C=NO)cc(Br)c1OCCN1CCCCC1. The van der Waals surface area contributed by atoms with E-state index in [0.29, 0.717) is 18.1 Å². The van der Waals surface area contributed by atoms with Gasteiger partial charge in [0.2, 0.25) is 0 Å². The van der Waals surface area contributed by atoms with Crippen molar-refractivity contribution in [2.75, 3.05) is 33.4 Å². The minimum absolute atomic E-state index is 0.623. The highest BCUT2D eigenvalue weighted by Crippen LogP contribution is 2.36. The van der Waals surface area contributed by atoms with Crippen LogP contribution in [0.15, 0.2) is 21.8 Å². The van der Waals surface area contributed by atoms with Gasteiger partial charge in [0.25, 0.3) is 0 Å². The van der Waals surface area contributed by atoms with Crippen LogP contribution in [-0.2, 0) is 0 Å². The molecule has 0 radical (unpaired) electrons. The van der Waals surface area contributed by atoms with Crippen molar-refractivity contribution in [2.24, 2.45) is 5.16 Å². The van der Waals surface area contributed by atoms with E-state index in [2.05, 4.69) is 26.0 Å². The highest BCUT2D eigenvalue weighted by molar-refractivity contribution is 9.10. The number of piperidine rings is 1. The average molecular weight is 357 g/mol. The van der Waals surface area contributed by atoms with E-state index in [1.807, 2.05) is 6.07 Å². The molecule has 0 spiro atoms. The summed E-state index contributed by atoms with van der Waals surface area (Å²) >= 11 is 3.47. The zero-order valence-corrected chi connectivity index (χ0v) is 13.8. The summed E-state index contributed by atoms with van der Waals surface area (Å²) < 4.78 is 12.0. The van der Waals surface area contributed by atoms with Crippen LogP contribution in [0.2, 0.25) is 0 Å². The second-order valence-corrected chi connectivity index (χ2v) is 5.88. The summed E-state index contributed by atoms with van der Waals surface area (Å²) in [6, 6.07) is 3.61. The van der Waals surface area contributed by atoms with Gasteiger partial charge in [0.05, 0.1) is 17.8 Å². The maximum atomic E-state index is 8.61.